The Morgan fingerprint density at radius 1 is 0.479 bits per heavy atom. The lowest BCUT2D eigenvalue weighted by atomic mass is 9.62. The molecule has 26 heteroatoms. The number of urea groups is 3. The van der Waals surface area contributed by atoms with Crippen LogP contribution in [0.4, 0.5) is 44.6 Å². The molecular formula is C68H67F3N12O11. The zero-order chi connectivity index (χ0) is 66.3. The standard InChI is InChI=1S/C23H21F3N4O4.C23H24N4O3.C22H22N4O4/c1-2-16-18-22(19(31)28-21(33)29-20(22)32)9-14-8-12(13-4-3-7-27-10-13)5-6-15(14)30(18)11-17(34-16)23(24,25)26;1-13-8-14(2)19-23(20(28)25-22(30)26-21(23)29)10-17-9-15(16-4-3-7-24-11-16)5-6-18(17)27(19)12-13;1-12-11-26-17-6-5-14(15-4-3-7-23-10-15)8-16(17)9-22(18(26)13(2)30-12)19(27)24-21(29)25-20(22)28/h3-8,10,16-18H,2,9,11H2,1H3,(H2,28,29,31,32,33);3-7,9,11,13-14,19H,8,10,12H2,1-2H3,(H2,25,26,28,29,30);3-8,10,12-13,18H,9,11H2,1-2H3,(H2,24,25,27,28,29)/t16-,17-,18+;13-,14+,19+;12-,13+,18-/m001/s1. The van der Waals surface area contributed by atoms with Gasteiger partial charge in [-0.05, 0) is 162 Å². The predicted octanol–water partition coefficient (Wildman–Crippen LogP) is 6.72. The predicted molar refractivity (Wildman–Crippen MR) is 334 cm³/mol. The highest BCUT2D eigenvalue weighted by Gasteiger charge is 2.67. The van der Waals surface area contributed by atoms with Crippen molar-refractivity contribution < 1.29 is 65.8 Å². The number of anilines is 3. The molecular weight excluding hydrogens is 1220 g/mol. The number of morpholine rings is 2. The Hall–Kier alpha value is -9.95. The van der Waals surface area contributed by atoms with Gasteiger partial charge in [0.25, 0.3) is 0 Å². The third kappa shape index (κ3) is 10.5. The average Bonchev–Trinajstić information content (AvgIpc) is 0.722. The molecule has 0 saturated carbocycles. The number of pyridine rings is 3. The lowest BCUT2D eigenvalue weighted by Crippen LogP contribution is -2.76. The second-order valence-electron chi connectivity index (χ2n) is 25.8. The molecule has 94 heavy (non-hydrogen) atoms. The van der Waals surface area contributed by atoms with Crippen LogP contribution in [0.5, 0.6) is 0 Å². The lowest BCUT2D eigenvalue weighted by Gasteiger charge is -2.56. The summed E-state index contributed by atoms with van der Waals surface area (Å²) in [6.07, 6.45) is 3.46. The summed E-state index contributed by atoms with van der Waals surface area (Å²) in [5, 5.41) is 13.6. The number of halogens is 3. The van der Waals surface area contributed by atoms with Crippen molar-refractivity contribution in [2.24, 2.45) is 28.1 Å². The molecule has 3 spiro atoms. The summed E-state index contributed by atoms with van der Waals surface area (Å²) in [4.78, 5) is 133. The van der Waals surface area contributed by atoms with Crippen LogP contribution in [0.1, 0.15) is 64.2 Å². The van der Waals surface area contributed by atoms with Gasteiger partial charge in [0.2, 0.25) is 35.4 Å². The molecule has 0 aliphatic carbocycles. The highest BCUT2D eigenvalue weighted by Crippen LogP contribution is 2.53. The number of hydrogen-bond donors (Lipinski definition) is 6. The SMILES string of the molecule is CC[C@@H]1O[C@H](C(F)(F)F)CN2c3ccc(-c4cccnc4)cc3CC3(C(=O)NC(=O)NC3=O)[C@@H]12.C[C@@H]1CN2c3ccc(-c4cccnc4)cc3CC3(C(=O)NC(=O)NC3=O)[C@H]2[C@H](C)O1.C[C@H]1C[C@@H](C)[C@H]2N(C1)c1ccc(-c3cccnc3)cc1CC21C(=O)NC(=O)NC1=O. The molecule has 9 aliphatic heterocycles. The van der Waals surface area contributed by atoms with E-state index in [0.29, 0.717) is 23.7 Å². The Kier molecular flexibility index (Phi) is 16.0. The molecule has 6 fully saturated rings. The van der Waals surface area contributed by atoms with Gasteiger partial charge in [-0.1, -0.05) is 57.2 Å². The van der Waals surface area contributed by atoms with Gasteiger partial charge < -0.3 is 24.2 Å². The maximum Gasteiger partial charge on any atom is 0.416 e. The van der Waals surface area contributed by atoms with Gasteiger partial charge in [0.1, 0.15) is 0 Å². The summed E-state index contributed by atoms with van der Waals surface area (Å²) in [7, 11) is 0. The van der Waals surface area contributed by atoms with E-state index < -0.39 is 107 Å². The minimum Gasteiger partial charge on any atom is -0.372 e. The van der Waals surface area contributed by atoms with Gasteiger partial charge in [-0.2, -0.15) is 13.2 Å². The van der Waals surface area contributed by atoms with Crippen LogP contribution < -0.4 is 46.6 Å². The van der Waals surface area contributed by atoms with E-state index >= 15 is 0 Å². The number of fused-ring (bicyclic) bond motifs is 12. The third-order valence-corrected chi connectivity index (χ3v) is 19.9. The minimum atomic E-state index is -4.63. The number of nitrogens with zero attached hydrogens (tertiary/aromatic N) is 6. The summed E-state index contributed by atoms with van der Waals surface area (Å²) in [5.41, 5.74) is 5.65. The Morgan fingerprint density at radius 3 is 1.22 bits per heavy atom. The molecule has 6 N–H and O–H groups in total. The van der Waals surface area contributed by atoms with Crippen LogP contribution in [0, 0.1) is 28.1 Å². The largest absolute Gasteiger partial charge is 0.416 e. The van der Waals surface area contributed by atoms with Gasteiger partial charge >= 0.3 is 24.3 Å². The number of benzene rings is 3. The fourth-order valence-corrected chi connectivity index (χ4v) is 16.1. The first-order valence-electron chi connectivity index (χ1n) is 31.2. The van der Waals surface area contributed by atoms with Gasteiger partial charge in [0.05, 0.1) is 43.0 Å². The number of imide groups is 6. The number of aromatic nitrogens is 3. The maximum absolute atomic E-state index is 13.7. The summed E-state index contributed by atoms with van der Waals surface area (Å²) >= 11 is 0. The van der Waals surface area contributed by atoms with E-state index in [-0.39, 0.29) is 49.9 Å². The number of carbonyl (C=O) groups is 9. The van der Waals surface area contributed by atoms with E-state index in [4.69, 9.17) is 9.47 Å². The van der Waals surface area contributed by atoms with Crippen LogP contribution in [-0.2, 0) is 57.5 Å². The normalized spacial score (nSPS) is 26.7. The molecule has 15 rings (SSSR count). The lowest BCUT2D eigenvalue weighted by molar-refractivity contribution is -0.245. The molecule has 6 aromatic rings. The molecule has 12 amide bonds. The number of hydrogen-bond acceptors (Lipinski definition) is 17. The van der Waals surface area contributed by atoms with Gasteiger partial charge in [0.15, 0.2) is 22.3 Å². The summed E-state index contributed by atoms with van der Waals surface area (Å²) in [6.45, 7) is 10.5. The average molecular weight is 1290 g/mol. The molecule has 3 aromatic heterocycles. The van der Waals surface area contributed by atoms with Crippen molar-refractivity contribution in [3.05, 3.63) is 145 Å². The van der Waals surface area contributed by atoms with Crippen molar-refractivity contribution in [1.29, 1.82) is 0 Å². The first-order valence-corrected chi connectivity index (χ1v) is 31.2. The monoisotopic (exact) mass is 1280 g/mol. The summed E-state index contributed by atoms with van der Waals surface area (Å²) in [5.74, 6) is -3.27. The van der Waals surface area contributed by atoms with E-state index in [1.807, 2.05) is 68.4 Å². The molecule has 486 valence electrons. The van der Waals surface area contributed by atoms with Crippen LogP contribution in [0.3, 0.4) is 0 Å². The fourth-order valence-electron chi connectivity index (χ4n) is 16.1. The van der Waals surface area contributed by atoms with Crippen molar-refractivity contribution in [2.45, 2.75) is 115 Å². The number of nitrogens with one attached hydrogen (secondary N) is 6. The Morgan fingerprint density at radius 2 is 0.851 bits per heavy atom. The molecule has 0 unspecified atom stereocenters. The Bertz CT molecular complexity index is 3880. The molecule has 0 bridgehead atoms. The van der Waals surface area contributed by atoms with E-state index in [9.17, 15) is 56.3 Å². The number of ether oxygens (including phenoxy) is 2. The van der Waals surface area contributed by atoms with Gasteiger partial charge in [0, 0.05) is 67.3 Å². The Labute approximate surface area is 537 Å². The maximum atomic E-state index is 13.7. The van der Waals surface area contributed by atoms with Crippen LogP contribution in [0.2, 0.25) is 0 Å². The molecule has 6 saturated heterocycles. The summed E-state index contributed by atoms with van der Waals surface area (Å²) in [6, 6.07) is 24.5. The quantitative estimate of drug-likeness (QED) is 0.0999. The van der Waals surface area contributed by atoms with Crippen molar-refractivity contribution in [3.63, 3.8) is 0 Å². The van der Waals surface area contributed by atoms with Gasteiger partial charge in [-0.3, -0.25) is 75.6 Å². The molecule has 3 aromatic carbocycles. The number of barbiturate groups is 3. The van der Waals surface area contributed by atoms with Gasteiger partial charge in [-0.25, -0.2) is 14.4 Å². The summed E-state index contributed by atoms with van der Waals surface area (Å²) < 4.78 is 52.7. The molecule has 9 aliphatic rings. The van der Waals surface area contributed by atoms with Crippen LogP contribution in [0.15, 0.2) is 128 Å². The van der Waals surface area contributed by atoms with Crippen molar-refractivity contribution in [1.82, 2.24) is 46.9 Å². The van der Waals surface area contributed by atoms with E-state index in [2.05, 4.69) is 82.6 Å². The highest BCUT2D eigenvalue weighted by atomic mass is 19.4. The van der Waals surface area contributed by atoms with E-state index in [1.165, 1.54) is 4.90 Å². The van der Waals surface area contributed by atoms with Crippen molar-refractivity contribution in [3.8, 4) is 33.4 Å². The minimum absolute atomic E-state index is 0.0615. The fraction of sp³-hybridized carbons (Fsp3) is 0.382. The second-order valence-corrected chi connectivity index (χ2v) is 25.8. The smallest absolute Gasteiger partial charge is 0.372 e. The molecule has 9 atom stereocenters. The number of alkyl halides is 3. The highest BCUT2D eigenvalue weighted by molar-refractivity contribution is 6.22. The van der Waals surface area contributed by atoms with Crippen LogP contribution in [0.25, 0.3) is 33.4 Å². The number of amides is 12. The van der Waals surface area contributed by atoms with Crippen LogP contribution in [-0.4, -0.2) is 137 Å². The Balaban J connectivity index is 0.000000128. The number of rotatable bonds is 4. The second kappa shape index (κ2) is 23.9. The topological polar surface area (TPSA) is 293 Å². The first kappa shape index (κ1) is 62.8. The van der Waals surface area contributed by atoms with E-state index in [1.54, 1.807) is 68.4 Å². The van der Waals surface area contributed by atoms with Crippen molar-refractivity contribution in [2.75, 3.05) is 34.3 Å². The van der Waals surface area contributed by atoms with Crippen molar-refractivity contribution >= 4 is 70.6 Å². The van der Waals surface area contributed by atoms with Gasteiger partial charge in [-0.15, -0.1) is 0 Å². The molecule has 12 heterocycles. The van der Waals surface area contributed by atoms with Crippen LogP contribution >= 0.6 is 0 Å². The molecule has 23 nitrogen and oxygen atoms in total. The first-order chi connectivity index (χ1) is 44.9. The zero-order valence-corrected chi connectivity index (χ0v) is 51.8. The number of piperidine rings is 1. The van der Waals surface area contributed by atoms with E-state index in [0.717, 1.165) is 68.8 Å². The number of carbonyl (C=O) groups excluding carboxylic acids is 9. The molecule has 0 radical (unpaired) electrons. The third-order valence-electron chi connectivity index (χ3n) is 19.9. The zero-order valence-electron chi connectivity index (χ0n) is 51.8.